The van der Waals surface area contributed by atoms with Crippen molar-refractivity contribution in [1.29, 1.82) is 0 Å². The van der Waals surface area contributed by atoms with Crippen molar-refractivity contribution >= 4 is 40.1 Å². The summed E-state index contributed by atoms with van der Waals surface area (Å²) >= 11 is 0. The van der Waals surface area contributed by atoms with E-state index < -0.39 is 0 Å². The first-order chi connectivity index (χ1) is 17.1. The largest absolute Gasteiger partial charge is 0.493 e. The molecule has 1 saturated heterocycles. The summed E-state index contributed by atoms with van der Waals surface area (Å²) in [5.41, 5.74) is 9.45. The number of fused-ring (bicyclic) bond motifs is 2. The number of nitrogens with zero attached hydrogens (tertiary/aromatic N) is 4. The molecule has 0 radical (unpaired) electrons. The Morgan fingerprint density at radius 1 is 1.20 bits per heavy atom. The molecule has 0 spiro atoms. The zero-order valence-electron chi connectivity index (χ0n) is 19.5. The van der Waals surface area contributed by atoms with Crippen LogP contribution in [0.3, 0.4) is 0 Å². The van der Waals surface area contributed by atoms with Gasteiger partial charge < -0.3 is 25.3 Å². The first-order valence-corrected chi connectivity index (χ1v) is 11.3. The third-order valence-corrected chi connectivity index (χ3v) is 5.96. The number of nitrogens with two attached hydrogens (primary N) is 1. The second-order valence-corrected chi connectivity index (χ2v) is 8.13. The molecule has 10 heteroatoms. The molecule has 0 saturated carbocycles. The first kappa shape index (κ1) is 22.6. The summed E-state index contributed by atoms with van der Waals surface area (Å²) in [7, 11) is 3.13. The van der Waals surface area contributed by atoms with Crippen molar-refractivity contribution in [2.24, 2.45) is 5.10 Å². The molecule has 10 nitrogen and oxygen atoms in total. The summed E-state index contributed by atoms with van der Waals surface area (Å²) in [6.45, 7) is 1.11. The van der Waals surface area contributed by atoms with E-state index in [2.05, 4.69) is 10.4 Å². The second kappa shape index (κ2) is 9.59. The van der Waals surface area contributed by atoms with Crippen LogP contribution in [-0.2, 0) is 4.74 Å². The third-order valence-electron chi connectivity index (χ3n) is 5.96. The number of hydrogen-bond donors (Lipinski definition) is 2. The van der Waals surface area contributed by atoms with E-state index in [0.717, 1.165) is 12.8 Å². The van der Waals surface area contributed by atoms with Crippen LogP contribution >= 0.6 is 0 Å². The minimum Gasteiger partial charge on any atom is -0.493 e. The average Bonchev–Trinajstić information content (AvgIpc) is 3.50. The number of benzene rings is 2. The van der Waals surface area contributed by atoms with E-state index in [4.69, 9.17) is 29.9 Å². The van der Waals surface area contributed by atoms with E-state index in [9.17, 15) is 4.79 Å². The number of methoxy groups -OCH3 is 2. The molecule has 1 atom stereocenters. The molecule has 1 amide bonds. The maximum Gasteiger partial charge on any atom is 0.257 e. The Balaban J connectivity index is 1.60. The highest BCUT2D eigenvalue weighted by molar-refractivity contribution is 6.10. The Hall–Kier alpha value is -4.18. The van der Waals surface area contributed by atoms with E-state index >= 15 is 0 Å². The molecule has 3 heterocycles. The van der Waals surface area contributed by atoms with Crippen molar-refractivity contribution in [3.63, 3.8) is 0 Å². The van der Waals surface area contributed by atoms with Crippen LogP contribution in [0.4, 0.5) is 5.82 Å². The predicted octanol–water partition coefficient (Wildman–Crippen LogP) is 2.97. The smallest absolute Gasteiger partial charge is 0.257 e. The van der Waals surface area contributed by atoms with E-state index in [0.29, 0.717) is 52.4 Å². The number of anilines is 1. The van der Waals surface area contributed by atoms with Crippen LogP contribution in [0, 0.1) is 0 Å². The van der Waals surface area contributed by atoms with Crippen LogP contribution in [0.5, 0.6) is 11.5 Å². The van der Waals surface area contributed by atoms with Gasteiger partial charge in [-0.1, -0.05) is 18.2 Å². The molecule has 2 aromatic heterocycles. The molecule has 4 aromatic rings. The molecule has 2 aromatic carbocycles. The number of carbonyl (C=O) groups excluding carboxylic acids is 1. The van der Waals surface area contributed by atoms with Crippen LogP contribution in [0.2, 0.25) is 0 Å². The lowest BCUT2D eigenvalue weighted by Gasteiger charge is -2.10. The first-order valence-electron chi connectivity index (χ1n) is 11.3. The zero-order chi connectivity index (χ0) is 24.4. The number of nitrogen functional groups attached to an aromatic ring is 1. The fourth-order valence-corrected chi connectivity index (χ4v) is 4.22. The molecule has 5 rings (SSSR count). The van der Waals surface area contributed by atoms with Crippen LogP contribution in [0.1, 0.15) is 28.8 Å². The molecule has 3 N–H and O–H groups in total. The van der Waals surface area contributed by atoms with Crippen molar-refractivity contribution in [2.45, 2.75) is 18.9 Å². The van der Waals surface area contributed by atoms with Gasteiger partial charge in [0.1, 0.15) is 16.9 Å². The van der Waals surface area contributed by atoms with Crippen molar-refractivity contribution < 1.29 is 19.0 Å². The lowest BCUT2D eigenvalue weighted by Crippen LogP contribution is -2.32. The zero-order valence-corrected chi connectivity index (χ0v) is 19.5. The van der Waals surface area contributed by atoms with Gasteiger partial charge in [-0.15, -0.1) is 0 Å². The van der Waals surface area contributed by atoms with E-state index in [1.807, 2.05) is 36.4 Å². The van der Waals surface area contributed by atoms with Gasteiger partial charge in [0.15, 0.2) is 17.1 Å². The van der Waals surface area contributed by atoms with Crippen molar-refractivity contribution in [3.8, 4) is 11.5 Å². The highest BCUT2D eigenvalue weighted by Crippen LogP contribution is 2.31. The average molecular weight is 475 g/mol. The number of nitrogens with one attached hydrogen (secondary N) is 1. The lowest BCUT2D eigenvalue weighted by atomic mass is 10.2. The number of ether oxygens (including phenoxy) is 3. The van der Waals surface area contributed by atoms with Gasteiger partial charge in [-0.05, 0) is 37.1 Å². The molecule has 0 bridgehead atoms. The van der Waals surface area contributed by atoms with E-state index in [1.165, 1.54) is 4.68 Å². The Labute approximate surface area is 201 Å². The molecule has 0 aliphatic carbocycles. The van der Waals surface area contributed by atoms with E-state index in [1.54, 1.807) is 26.5 Å². The number of aromatic nitrogens is 3. The van der Waals surface area contributed by atoms with Crippen LogP contribution < -0.4 is 20.5 Å². The van der Waals surface area contributed by atoms with Crippen molar-refractivity contribution in [3.05, 3.63) is 53.6 Å². The van der Waals surface area contributed by atoms with E-state index in [-0.39, 0.29) is 23.4 Å². The van der Waals surface area contributed by atoms with Crippen LogP contribution in [-0.4, -0.2) is 60.2 Å². The SMILES string of the molecule is COc1cccc(/C=N\n2c(N)c(C(=O)NC[C@H]3CCCO3)c3nc4ccccc4nc32)c1OC. The normalized spacial score (nSPS) is 15.8. The molecule has 180 valence electrons. The van der Waals surface area contributed by atoms with Crippen LogP contribution in [0.25, 0.3) is 22.2 Å². The van der Waals surface area contributed by atoms with Gasteiger partial charge in [-0.3, -0.25) is 4.79 Å². The number of para-hydroxylation sites is 3. The lowest BCUT2D eigenvalue weighted by molar-refractivity contribution is 0.0859. The summed E-state index contributed by atoms with van der Waals surface area (Å²) in [4.78, 5) is 22.6. The topological polar surface area (TPSA) is 126 Å². The van der Waals surface area contributed by atoms with Gasteiger partial charge in [0.2, 0.25) is 0 Å². The monoisotopic (exact) mass is 474 g/mol. The van der Waals surface area contributed by atoms with Crippen molar-refractivity contribution in [1.82, 2.24) is 20.0 Å². The predicted molar refractivity (Wildman–Crippen MR) is 133 cm³/mol. The summed E-state index contributed by atoms with van der Waals surface area (Å²) in [5, 5.41) is 7.49. The maximum absolute atomic E-state index is 13.2. The maximum atomic E-state index is 13.2. The Kier molecular flexibility index (Phi) is 6.19. The summed E-state index contributed by atoms with van der Waals surface area (Å²) in [6.07, 6.45) is 3.48. The van der Waals surface area contributed by atoms with Crippen molar-refractivity contribution in [2.75, 3.05) is 33.1 Å². The fraction of sp³-hybridized carbons (Fsp3) is 0.280. The number of carbonyl (C=O) groups is 1. The highest BCUT2D eigenvalue weighted by Gasteiger charge is 2.25. The molecule has 1 aliphatic heterocycles. The quantitative estimate of drug-likeness (QED) is 0.394. The molecule has 0 unspecified atom stereocenters. The number of rotatable bonds is 7. The molecular formula is C25H26N6O4. The number of hydrogen-bond acceptors (Lipinski definition) is 8. The summed E-state index contributed by atoms with van der Waals surface area (Å²) in [5.74, 6) is 0.889. The standard InChI is InChI=1S/C25H26N6O4/c1-33-19-11-5-7-15(22(19)34-2)13-28-31-23(26)20(25(32)27-14-16-8-6-12-35-16)21-24(31)30-18-10-4-3-9-17(18)29-21/h3-5,7,9-11,13,16H,6,8,12,14,26H2,1-2H3,(H,27,32)/b28-13-/t16-/m1/s1. The van der Waals surface area contributed by atoms with Gasteiger partial charge >= 0.3 is 0 Å². The van der Waals surface area contributed by atoms with Crippen LogP contribution in [0.15, 0.2) is 47.6 Å². The summed E-state index contributed by atoms with van der Waals surface area (Å²) in [6, 6.07) is 12.9. The van der Waals surface area contributed by atoms with Gasteiger partial charge in [0, 0.05) is 18.7 Å². The Morgan fingerprint density at radius 3 is 2.71 bits per heavy atom. The second-order valence-electron chi connectivity index (χ2n) is 8.13. The van der Waals surface area contributed by atoms with Gasteiger partial charge in [0.05, 0.1) is 37.6 Å². The van der Waals surface area contributed by atoms with Gasteiger partial charge in [-0.25, -0.2) is 9.97 Å². The Bertz CT molecular complexity index is 1420. The van der Waals surface area contributed by atoms with Gasteiger partial charge in [-0.2, -0.15) is 9.78 Å². The molecule has 1 fully saturated rings. The minimum atomic E-state index is -0.347. The molecule has 35 heavy (non-hydrogen) atoms. The Morgan fingerprint density at radius 2 is 2.00 bits per heavy atom. The minimum absolute atomic E-state index is 0.000939. The number of amides is 1. The summed E-state index contributed by atoms with van der Waals surface area (Å²) < 4.78 is 17.9. The van der Waals surface area contributed by atoms with Gasteiger partial charge in [0.25, 0.3) is 5.91 Å². The molecular weight excluding hydrogens is 448 g/mol. The highest BCUT2D eigenvalue weighted by atomic mass is 16.5. The fourth-order valence-electron chi connectivity index (χ4n) is 4.22. The third kappa shape index (κ3) is 4.24. The molecule has 1 aliphatic rings.